The van der Waals surface area contributed by atoms with E-state index in [1.807, 2.05) is 0 Å². The number of halogens is 2. The van der Waals surface area contributed by atoms with E-state index in [2.05, 4.69) is 10.6 Å². The van der Waals surface area contributed by atoms with Crippen LogP contribution in [0, 0.1) is 5.82 Å². The van der Waals surface area contributed by atoms with Gasteiger partial charge in [0.05, 0.1) is 11.4 Å². The smallest absolute Gasteiger partial charge is 0.412 e. The Hall–Kier alpha value is -2.93. The highest BCUT2D eigenvalue weighted by atomic mass is 35.5. The monoisotopic (exact) mass is 420 g/mol. The van der Waals surface area contributed by atoms with Gasteiger partial charge in [0.1, 0.15) is 11.4 Å². The number of ether oxygens (including phenoxy) is 1. The molecule has 0 unspecified atom stereocenters. The first kappa shape index (κ1) is 22.4. The van der Waals surface area contributed by atoms with Crippen molar-refractivity contribution in [1.29, 1.82) is 0 Å². The third-order valence-corrected chi connectivity index (χ3v) is 3.89. The fraction of sp³-hybridized carbons (Fsp3) is 0.286. The Morgan fingerprint density at radius 1 is 0.966 bits per heavy atom. The third kappa shape index (κ3) is 7.54. The summed E-state index contributed by atoms with van der Waals surface area (Å²) in [4.78, 5) is 36.3. The van der Waals surface area contributed by atoms with E-state index in [4.69, 9.17) is 16.3 Å². The molecule has 0 atom stereocenters. The van der Waals surface area contributed by atoms with Crippen LogP contribution >= 0.6 is 11.6 Å². The number of amides is 2. The summed E-state index contributed by atoms with van der Waals surface area (Å²) in [6.45, 7) is 5.12. The zero-order valence-electron chi connectivity index (χ0n) is 16.3. The molecular formula is C21H22ClFN2O4. The molecule has 2 aromatic carbocycles. The molecule has 2 rings (SSSR count). The van der Waals surface area contributed by atoms with Crippen LogP contribution in [0.1, 0.15) is 44.0 Å². The first-order valence-electron chi connectivity index (χ1n) is 8.92. The molecule has 0 aliphatic rings. The van der Waals surface area contributed by atoms with Crippen LogP contribution in [0.25, 0.3) is 0 Å². The van der Waals surface area contributed by atoms with Crippen molar-refractivity contribution in [3.05, 3.63) is 58.9 Å². The second-order valence-corrected chi connectivity index (χ2v) is 7.73. The number of ketones is 1. The van der Waals surface area contributed by atoms with Gasteiger partial charge >= 0.3 is 6.09 Å². The van der Waals surface area contributed by atoms with Crippen LogP contribution in [0.15, 0.2) is 42.5 Å². The number of Topliss-reactive ketones (excluding diaryl/α,β-unsaturated/α-hetero) is 1. The van der Waals surface area contributed by atoms with E-state index in [-0.39, 0.29) is 30.0 Å². The Bertz CT molecular complexity index is 908. The SMILES string of the molecule is CC(C)(C)OC(=O)Nc1ccc(F)cc1NC(=O)CCC(=O)c1ccc(Cl)cc1. The van der Waals surface area contributed by atoms with Crippen molar-refractivity contribution in [3.8, 4) is 0 Å². The van der Waals surface area contributed by atoms with E-state index in [1.165, 1.54) is 6.07 Å². The van der Waals surface area contributed by atoms with E-state index >= 15 is 0 Å². The average molecular weight is 421 g/mol. The van der Waals surface area contributed by atoms with Gasteiger partial charge in [0, 0.05) is 23.4 Å². The molecule has 0 saturated heterocycles. The Morgan fingerprint density at radius 3 is 2.24 bits per heavy atom. The highest BCUT2D eigenvalue weighted by Gasteiger charge is 2.18. The van der Waals surface area contributed by atoms with Crippen molar-refractivity contribution in [2.75, 3.05) is 10.6 Å². The lowest BCUT2D eigenvalue weighted by Crippen LogP contribution is -2.27. The molecule has 0 bridgehead atoms. The molecule has 0 heterocycles. The molecule has 2 amide bonds. The molecule has 154 valence electrons. The number of nitrogens with one attached hydrogen (secondary N) is 2. The summed E-state index contributed by atoms with van der Waals surface area (Å²) in [6.07, 6.45) is -0.876. The predicted octanol–water partition coefficient (Wildman–Crippen LogP) is 5.43. The number of carbonyl (C=O) groups excluding carboxylic acids is 3. The van der Waals surface area contributed by atoms with Crippen LogP contribution in [0.5, 0.6) is 0 Å². The molecule has 0 fully saturated rings. The van der Waals surface area contributed by atoms with Gasteiger partial charge in [0.25, 0.3) is 0 Å². The quantitative estimate of drug-likeness (QED) is 0.610. The van der Waals surface area contributed by atoms with Crippen LogP contribution in [0.3, 0.4) is 0 Å². The Kier molecular flexibility index (Phi) is 7.34. The van der Waals surface area contributed by atoms with Crippen LogP contribution in [-0.2, 0) is 9.53 Å². The summed E-state index contributed by atoms with van der Waals surface area (Å²) in [5.41, 5.74) is -0.0201. The zero-order valence-corrected chi connectivity index (χ0v) is 17.1. The number of carbonyl (C=O) groups is 3. The maximum atomic E-state index is 13.6. The summed E-state index contributed by atoms with van der Waals surface area (Å²) in [5.74, 6) is -1.31. The van der Waals surface area contributed by atoms with Crippen LogP contribution in [-0.4, -0.2) is 23.4 Å². The first-order chi connectivity index (χ1) is 13.5. The standard InChI is InChI=1S/C21H22ClFN2O4/c1-21(2,3)29-20(28)25-16-9-8-15(23)12-17(16)24-19(27)11-10-18(26)13-4-6-14(22)7-5-13/h4-9,12H,10-11H2,1-3H3,(H,24,27)(H,25,28). The topological polar surface area (TPSA) is 84.5 Å². The fourth-order valence-corrected chi connectivity index (χ4v) is 2.49. The lowest BCUT2D eigenvalue weighted by molar-refractivity contribution is -0.116. The third-order valence-electron chi connectivity index (χ3n) is 3.64. The molecule has 2 aromatic rings. The summed E-state index contributed by atoms with van der Waals surface area (Å²) in [6, 6.07) is 9.88. The summed E-state index contributed by atoms with van der Waals surface area (Å²) < 4.78 is 18.8. The lowest BCUT2D eigenvalue weighted by atomic mass is 10.1. The van der Waals surface area contributed by atoms with E-state index in [0.29, 0.717) is 10.6 Å². The van der Waals surface area contributed by atoms with Crippen molar-refractivity contribution in [1.82, 2.24) is 0 Å². The molecule has 0 radical (unpaired) electrons. The minimum atomic E-state index is -0.738. The molecule has 0 saturated carbocycles. The van der Waals surface area contributed by atoms with Crippen molar-refractivity contribution >= 4 is 40.8 Å². The largest absolute Gasteiger partial charge is 0.444 e. The molecule has 0 aromatic heterocycles. The summed E-state index contributed by atoms with van der Waals surface area (Å²) in [7, 11) is 0. The minimum absolute atomic E-state index is 0.0301. The number of rotatable bonds is 6. The highest BCUT2D eigenvalue weighted by molar-refractivity contribution is 6.30. The Labute approximate surface area is 173 Å². The molecule has 2 N–H and O–H groups in total. The summed E-state index contributed by atoms with van der Waals surface area (Å²) in [5, 5.41) is 5.50. The van der Waals surface area contributed by atoms with Gasteiger partial charge in [-0.2, -0.15) is 0 Å². The van der Waals surface area contributed by atoms with Crippen LogP contribution in [0.4, 0.5) is 20.6 Å². The molecule has 0 aliphatic carbocycles. The Balaban J connectivity index is 2.00. The van der Waals surface area contributed by atoms with Gasteiger partial charge in [-0.15, -0.1) is 0 Å². The van der Waals surface area contributed by atoms with Gasteiger partial charge in [-0.05, 0) is 63.2 Å². The summed E-state index contributed by atoms with van der Waals surface area (Å²) >= 11 is 5.79. The fourth-order valence-electron chi connectivity index (χ4n) is 2.36. The molecule has 8 heteroatoms. The van der Waals surface area contributed by atoms with Crippen molar-refractivity contribution in [2.45, 2.75) is 39.2 Å². The average Bonchev–Trinajstić information content (AvgIpc) is 2.61. The molecule has 0 spiro atoms. The van der Waals surface area contributed by atoms with Gasteiger partial charge in [-0.1, -0.05) is 11.6 Å². The zero-order chi connectivity index (χ0) is 21.6. The van der Waals surface area contributed by atoms with Gasteiger partial charge in [0.2, 0.25) is 5.91 Å². The molecule has 6 nitrogen and oxygen atoms in total. The van der Waals surface area contributed by atoms with Crippen LogP contribution in [0.2, 0.25) is 5.02 Å². The van der Waals surface area contributed by atoms with Crippen molar-refractivity contribution in [3.63, 3.8) is 0 Å². The minimum Gasteiger partial charge on any atom is -0.444 e. The molecular weight excluding hydrogens is 399 g/mol. The van der Waals surface area contributed by atoms with Crippen LogP contribution < -0.4 is 10.6 Å². The van der Waals surface area contributed by atoms with Crippen molar-refractivity contribution < 1.29 is 23.5 Å². The van der Waals surface area contributed by atoms with Gasteiger partial charge in [0.15, 0.2) is 5.78 Å². The molecule has 29 heavy (non-hydrogen) atoms. The van der Waals surface area contributed by atoms with E-state index in [9.17, 15) is 18.8 Å². The normalized spacial score (nSPS) is 10.9. The maximum Gasteiger partial charge on any atom is 0.412 e. The first-order valence-corrected chi connectivity index (χ1v) is 9.29. The number of benzene rings is 2. The van der Waals surface area contributed by atoms with Gasteiger partial charge < -0.3 is 10.1 Å². The maximum absolute atomic E-state index is 13.6. The van der Waals surface area contributed by atoms with Gasteiger partial charge in [-0.3, -0.25) is 14.9 Å². The predicted molar refractivity (Wildman–Crippen MR) is 110 cm³/mol. The second-order valence-electron chi connectivity index (χ2n) is 7.30. The highest BCUT2D eigenvalue weighted by Crippen LogP contribution is 2.24. The number of hydrogen-bond acceptors (Lipinski definition) is 4. The second kappa shape index (κ2) is 9.52. The van der Waals surface area contributed by atoms with E-state index < -0.39 is 23.4 Å². The Morgan fingerprint density at radius 2 is 1.62 bits per heavy atom. The van der Waals surface area contributed by atoms with E-state index in [0.717, 1.165) is 12.1 Å². The number of hydrogen-bond donors (Lipinski definition) is 2. The van der Waals surface area contributed by atoms with E-state index in [1.54, 1.807) is 45.0 Å². The van der Waals surface area contributed by atoms with Gasteiger partial charge in [-0.25, -0.2) is 9.18 Å². The number of anilines is 2. The molecule has 0 aliphatic heterocycles. The lowest BCUT2D eigenvalue weighted by Gasteiger charge is -2.20. The van der Waals surface area contributed by atoms with Crippen molar-refractivity contribution in [2.24, 2.45) is 0 Å².